The second kappa shape index (κ2) is 6.03. The maximum Gasteiger partial charge on any atom is 0.308 e. The van der Waals surface area contributed by atoms with Crippen LogP contribution >= 0.6 is 0 Å². The molecule has 2 heterocycles. The minimum atomic E-state index is -0.814. The van der Waals surface area contributed by atoms with Gasteiger partial charge >= 0.3 is 5.97 Å². The zero-order valence-electron chi connectivity index (χ0n) is 11.9. The summed E-state index contributed by atoms with van der Waals surface area (Å²) >= 11 is 0. The van der Waals surface area contributed by atoms with Gasteiger partial charge in [0.1, 0.15) is 0 Å². The molecule has 2 rings (SSSR count). The van der Waals surface area contributed by atoms with E-state index in [2.05, 4.69) is 4.98 Å². The third kappa shape index (κ3) is 3.56. The van der Waals surface area contributed by atoms with Crippen LogP contribution in [0.15, 0.2) is 18.3 Å². The maximum atomic E-state index is 12.3. The van der Waals surface area contributed by atoms with Crippen molar-refractivity contribution >= 4 is 11.9 Å². The standard InChI is InChI=1S/C15H20N2O3/c1-10-5-13(15(19)20)9-17(8-10)14(18)6-12-4-3-11(2)16-7-12/h3-4,7,10,13H,5-6,8-9H2,1-2H3,(H,19,20). The summed E-state index contributed by atoms with van der Waals surface area (Å²) in [4.78, 5) is 29.2. The smallest absolute Gasteiger partial charge is 0.308 e. The van der Waals surface area contributed by atoms with E-state index in [9.17, 15) is 9.59 Å². The van der Waals surface area contributed by atoms with Crippen LogP contribution in [0.3, 0.4) is 0 Å². The van der Waals surface area contributed by atoms with Crippen molar-refractivity contribution in [3.8, 4) is 0 Å². The van der Waals surface area contributed by atoms with Crippen LogP contribution in [0.4, 0.5) is 0 Å². The Morgan fingerprint density at radius 3 is 2.75 bits per heavy atom. The number of carbonyl (C=O) groups is 2. The van der Waals surface area contributed by atoms with Gasteiger partial charge in [-0.1, -0.05) is 13.0 Å². The van der Waals surface area contributed by atoms with Crippen LogP contribution in [-0.2, 0) is 16.0 Å². The quantitative estimate of drug-likeness (QED) is 0.908. The van der Waals surface area contributed by atoms with Crippen LogP contribution < -0.4 is 0 Å². The summed E-state index contributed by atoms with van der Waals surface area (Å²) in [6, 6.07) is 3.77. The molecule has 1 aliphatic heterocycles. The number of likely N-dealkylation sites (tertiary alicyclic amines) is 1. The maximum absolute atomic E-state index is 12.3. The molecule has 1 aromatic rings. The molecule has 1 aliphatic rings. The molecule has 20 heavy (non-hydrogen) atoms. The van der Waals surface area contributed by atoms with E-state index in [0.717, 1.165) is 11.3 Å². The molecule has 0 radical (unpaired) electrons. The lowest BCUT2D eigenvalue weighted by Crippen LogP contribution is -2.46. The van der Waals surface area contributed by atoms with E-state index < -0.39 is 11.9 Å². The molecule has 1 aromatic heterocycles. The number of carbonyl (C=O) groups excluding carboxylic acids is 1. The number of hydrogen-bond acceptors (Lipinski definition) is 3. The molecule has 0 bridgehead atoms. The predicted octanol–water partition coefficient (Wildman–Crippen LogP) is 1.50. The highest BCUT2D eigenvalue weighted by Gasteiger charge is 2.31. The zero-order chi connectivity index (χ0) is 14.7. The molecule has 1 amide bonds. The summed E-state index contributed by atoms with van der Waals surface area (Å²) in [5.74, 6) is -1.05. The molecule has 0 saturated carbocycles. The number of piperidine rings is 1. The zero-order valence-corrected chi connectivity index (χ0v) is 11.9. The van der Waals surface area contributed by atoms with Gasteiger partial charge in [-0.2, -0.15) is 0 Å². The number of carboxylic acids is 1. The summed E-state index contributed by atoms with van der Waals surface area (Å²) in [5, 5.41) is 9.13. The third-order valence-electron chi connectivity index (χ3n) is 3.69. The predicted molar refractivity (Wildman–Crippen MR) is 74.2 cm³/mol. The lowest BCUT2D eigenvalue weighted by atomic mass is 9.90. The molecular formula is C15H20N2O3. The molecule has 1 fully saturated rings. The Morgan fingerprint density at radius 2 is 2.15 bits per heavy atom. The van der Waals surface area contributed by atoms with Gasteiger partial charge in [-0.3, -0.25) is 14.6 Å². The first-order chi connectivity index (χ1) is 9.45. The molecule has 1 N–H and O–H groups in total. The minimum absolute atomic E-state index is 0.0200. The second-order valence-electron chi connectivity index (χ2n) is 5.66. The monoisotopic (exact) mass is 276 g/mol. The van der Waals surface area contributed by atoms with Gasteiger partial charge in [0.05, 0.1) is 12.3 Å². The molecule has 2 unspecified atom stereocenters. The number of amides is 1. The topological polar surface area (TPSA) is 70.5 Å². The Labute approximate surface area is 118 Å². The minimum Gasteiger partial charge on any atom is -0.481 e. The number of aromatic nitrogens is 1. The van der Waals surface area contributed by atoms with Crippen LogP contribution in [0.1, 0.15) is 24.6 Å². The summed E-state index contributed by atoms with van der Waals surface area (Å²) < 4.78 is 0. The number of aryl methyl sites for hydroxylation is 1. The van der Waals surface area contributed by atoms with E-state index in [-0.39, 0.29) is 18.2 Å². The van der Waals surface area contributed by atoms with Crippen molar-refractivity contribution in [1.29, 1.82) is 0 Å². The van der Waals surface area contributed by atoms with E-state index in [4.69, 9.17) is 5.11 Å². The van der Waals surface area contributed by atoms with Crippen molar-refractivity contribution < 1.29 is 14.7 Å². The van der Waals surface area contributed by atoms with Gasteiger partial charge in [0.25, 0.3) is 0 Å². The van der Waals surface area contributed by atoms with Gasteiger partial charge in [-0.25, -0.2) is 0 Å². The molecule has 0 aromatic carbocycles. The summed E-state index contributed by atoms with van der Waals surface area (Å²) in [6.07, 6.45) is 2.63. The van der Waals surface area contributed by atoms with Gasteiger partial charge in [-0.15, -0.1) is 0 Å². The number of nitrogens with zero attached hydrogens (tertiary/aromatic N) is 2. The normalized spacial score (nSPS) is 22.6. The van der Waals surface area contributed by atoms with Crippen molar-refractivity contribution in [2.24, 2.45) is 11.8 Å². The Hall–Kier alpha value is -1.91. The lowest BCUT2D eigenvalue weighted by molar-refractivity contribution is -0.146. The number of hydrogen-bond donors (Lipinski definition) is 1. The summed E-state index contributed by atoms with van der Waals surface area (Å²) in [6.45, 7) is 4.85. The van der Waals surface area contributed by atoms with Crippen molar-refractivity contribution in [2.45, 2.75) is 26.7 Å². The second-order valence-corrected chi connectivity index (χ2v) is 5.66. The van der Waals surface area contributed by atoms with Gasteiger partial charge in [0.15, 0.2) is 0 Å². The first-order valence-corrected chi connectivity index (χ1v) is 6.88. The molecule has 108 valence electrons. The number of pyridine rings is 1. The van der Waals surface area contributed by atoms with Crippen molar-refractivity contribution in [3.63, 3.8) is 0 Å². The van der Waals surface area contributed by atoms with Gasteiger partial charge in [0.2, 0.25) is 5.91 Å². The fourth-order valence-corrected chi connectivity index (χ4v) is 2.62. The molecule has 2 atom stereocenters. The lowest BCUT2D eigenvalue weighted by Gasteiger charge is -2.34. The van der Waals surface area contributed by atoms with E-state index in [1.54, 1.807) is 11.1 Å². The van der Waals surface area contributed by atoms with Crippen LogP contribution in [0.25, 0.3) is 0 Å². The Balaban J connectivity index is 2.01. The van der Waals surface area contributed by atoms with E-state index in [1.807, 2.05) is 26.0 Å². The highest BCUT2D eigenvalue weighted by Crippen LogP contribution is 2.22. The number of aliphatic carboxylic acids is 1. The van der Waals surface area contributed by atoms with Crippen molar-refractivity contribution in [2.75, 3.05) is 13.1 Å². The average Bonchev–Trinajstić information content (AvgIpc) is 2.40. The van der Waals surface area contributed by atoms with E-state index in [0.29, 0.717) is 19.5 Å². The SMILES string of the molecule is Cc1ccc(CC(=O)N2CC(C)CC(C(=O)O)C2)cn1. The average molecular weight is 276 g/mol. The first-order valence-electron chi connectivity index (χ1n) is 6.88. The number of rotatable bonds is 3. The largest absolute Gasteiger partial charge is 0.481 e. The molecule has 1 saturated heterocycles. The fourth-order valence-electron chi connectivity index (χ4n) is 2.62. The van der Waals surface area contributed by atoms with Crippen LogP contribution in [0, 0.1) is 18.8 Å². The molecule has 5 heteroatoms. The summed E-state index contributed by atoms with van der Waals surface area (Å²) in [7, 11) is 0. The number of carboxylic acid groups (broad SMARTS) is 1. The van der Waals surface area contributed by atoms with Crippen LogP contribution in [0.2, 0.25) is 0 Å². The third-order valence-corrected chi connectivity index (χ3v) is 3.69. The van der Waals surface area contributed by atoms with Crippen molar-refractivity contribution in [1.82, 2.24) is 9.88 Å². The summed E-state index contributed by atoms with van der Waals surface area (Å²) in [5.41, 5.74) is 1.78. The highest BCUT2D eigenvalue weighted by atomic mass is 16.4. The molecule has 5 nitrogen and oxygen atoms in total. The van der Waals surface area contributed by atoms with Crippen molar-refractivity contribution in [3.05, 3.63) is 29.6 Å². The molecular weight excluding hydrogens is 256 g/mol. The van der Waals surface area contributed by atoms with Crippen LogP contribution in [0.5, 0.6) is 0 Å². The van der Waals surface area contributed by atoms with Crippen LogP contribution in [-0.4, -0.2) is 40.0 Å². The Bertz CT molecular complexity index is 498. The van der Waals surface area contributed by atoms with E-state index in [1.165, 1.54) is 0 Å². The van der Waals surface area contributed by atoms with Gasteiger partial charge in [0, 0.05) is 25.0 Å². The first kappa shape index (κ1) is 14.5. The molecule has 0 spiro atoms. The van der Waals surface area contributed by atoms with E-state index >= 15 is 0 Å². The fraction of sp³-hybridized carbons (Fsp3) is 0.533. The Morgan fingerprint density at radius 1 is 1.40 bits per heavy atom. The highest BCUT2D eigenvalue weighted by molar-refractivity contribution is 5.80. The molecule has 0 aliphatic carbocycles. The van der Waals surface area contributed by atoms with Gasteiger partial charge < -0.3 is 10.0 Å². The Kier molecular flexibility index (Phi) is 4.37. The van der Waals surface area contributed by atoms with Gasteiger partial charge in [-0.05, 0) is 30.9 Å².